The second-order valence-corrected chi connectivity index (χ2v) is 12.7. The summed E-state index contributed by atoms with van der Waals surface area (Å²) in [6, 6.07) is 9.81. The molecule has 3 atom stereocenters. The summed E-state index contributed by atoms with van der Waals surface area (Å²) < 4.78 is 37.5. The maximum Gasteiger partial charge on any atom is 0.319 e. The van der Waals surface area contributed by atoms with Gasteiger partial charge in [-0.3, -0.25) is 15.0 Å². The minimum absolute atomic E-state index is 0.0404. The van der Waals surface area contributed by atoms with Crippen LogP contribution in [0.4, 0.5) is 14.6 Å². The second-order valence-electron chi connectivity index (χ2n) is 12.7. The molecule has 222 valence electrons. The number of alkyl halides is 1. The molecule has 43 heavy (non-hydrogen) atoms. The maximum absolute atomic E-state index is 16.8. The molecule has 11 heteroatoms. The normalized spacial score (nSPS) is 26.1. The molecular weight excluding hydrogens is 552 g/mol. The molecule has 3 aromatic heterocycles. The van der Waals surface area contributed by atoms with Crippen LogP contribution in [-0.2, 0) is 0 Å². The number of H-pyrrole nitrogens is 1. The third-order valence-corrected chi connectivity index (χ3v) is 9.55. The molecule has 6 heterocycles. The minimum Gasteiger partial charge on any atom is -0.461 e. The molecule has 1 unspecified atom stereocenters. The van der Waals surface area contributed by atoms with Crippen LogP contribution in [0, 0.1) is 5.82 Å². The number of halogens is 2. The fraction of sp³-hybridized carbons (Fsp3) is 0.438. The lowest BCUT2D eigenvalue weighted by Gasteiger charge is -2.38. The Morgan fingerprint density at radius 1 is 1.09 bits per heavy atom. The van der Waals surface area contributed by atoms with Gasteiger partial charge in [-0.2, -0.15) is 15.1 Å². The number of β-amino-alcohol motifs (C(OH)–C–C–N with tert-alkyl or cyclic N) is 1. The number of pyridine rings is 1. The number of hydrogen-bond donors (Lipinski definition) is 2. The fourth-order valence-corrected chi connectivity index (χ4v) is 7.56. The summed E-state index contributed by atoms with van der Waals surface area (Å²) in [4.78, 5) is 18.2. The monoisotopic (exact) mass is 585 g/mol. The van der Waals surface area contributed by atoms with Crippen molar-refractivity contribution in [2.75, 3.05) is 37.7 Å². The van der Waals surface area contributed by atoms with E-state index >= 15 is 4.39 Å². The lowest BCUT2D eigenvalue weighted by atomic mass is 9.95. The van der Waals surface area contributed by atoms with Crippen molar-refractivity contribution in [3.63, 3.8) is 0 Å². The third kappa shape index (κ3) is 4.39. The molecule has 9 nitrogen and oxygen atoms in total. The van der Waals surface area contributed by atoms with Gasteiger partial charge in [0.05, 0.1) is 28.2 Å². The van der Waals surface area contributed by atoms with Crippen LogP contribution in [0.2, 0.25) is 0 Å². The van der Waals surface area contributed by atoms with Crippen LogP contribution < -0.4 is 9.64 Å². The molecule has 0 amide bonds. The molecule has 0 radical (unpaired) electrons. The summed E-state index contributed by atoms with van der Waals surface area (Å²) in [7, 11) is 0. The highest BCUT2D eigenvalue weighted by Crippen LogP contribution is 2.42. The molecule has 0 spiro atoms. The van der Waals surface area contributed by atoms with E-state index in [9.17, 15) is 9.50 Å². The van der Waals surface area contributed by atoms with Gasteiger partial charge in [-0.15, -0.1) is 0 Å². The molecule has 3 aliphatic heterocycles. The Morgan fingerprint density at radius 2 is 1.95 bits per heavy atom. The van der Waals surface area contributed by atoms with Crippen molar-refractivity contribution < 1.29 is 18.6 Å². The Morgan fingerprint density at radius 3 is 2.84 bits per heavy atom. The quantitative estimate of drug-likeness (QED) is 0.291. The van der Waals surface area contributed by atoms with Crippen molar-refractivity contribution in [3.8, 4) is 17.3 Å². The van der Waals surface area contributed by atoms with Gasteiger partial charge in [0.15, 0.2) is 5.82 Å². The zero-order chi connectivity index (χ0) is 29.3. The number of aliphatic hydroxyl groups is 1. The number of aromatic amines is 1. The largest absolute Gasteiger partial charge is 0.461 e. The Bertz CT molecular complexity index is 1880. The number of anilines is 1. The molecule has 8 rings (SSSR count). The van der Waals surface area contributed by atoms with Crippen molar-refractivity contribution in [2.24, 2.45) is 0 Å². The first kappa shape index (κ1) is 26.7. The van der Waals surface area contributed by atoms with E-state index in [0.29, 0.717) is 49.2 Å². The summed E-state index contributed by atoms with van der Waals surface area (Å²) in [6.45, 7) is 4.26. The molecule has 0 aliphatic carbocycles. The van der Waals surface area contributed by atoms with Crippen molar-refractivity contribution in [1.29, 1.82) is 0 Å². The van der Waals surface area contributed by atoms with Gasteiger partial charge in [0, 0.05) is 43.2 Å². The van der Waals surface area contributed by atoms with Crippen molar-refractivity contribution in [3.05, 3.63) is 48.5 Å². The smallest absolute Gasteiger partial charge is 0.319 e. The number of ether oxygens (including phenoxy) is 1. The summed E-state index contributed by atoms with van der Waals surface area (Å²) in [5.74, 6) is -0.112. The number of piperidine rings is 1. The lowest BCUT2D eigenvalue weighted by Crippen LogP contribution is -2.46. The van der Waals surface area contributed by atoms with Crippen LogP contribution in [0.15, 0.2) is 42.7 Å². The van der Waals surface area contributed by atoms with E-state index < -0.39 is 23.1 Å². The van der Waals surface area contributed by atoms with Crippen LogP contribution >= 0.6 is 0 Å². The minimum atomic E-state index is -0.915. The highest BCUT2D eigenvalue weighted by atomic mass is 19.1. The first-order valence-corrected chi connectivity index (χ1v) is 15.0. The van der Waals surface area contributed by atoms with Crippen molar-refractivity contribution in [1.82, 2.24) is 30.0 Å². The Hall–Kier alpha value is -3.96. The Balaban J connectivity index is 1.29. The predicted octanol–water partition coefficient (Wildman–Crippen LogP) is 5.17. The summed E-state index contributed by atoms with van der Waals surface area (Å²) in [6.07, 6.45) is 6.07. The van der Waals surface area contributed by atoms with Gasteiger partial charge in [0.1, 0.15) is 29.8 Å². The summed E-state index contributed by atoms with van der Waals surface area (Å²) in [5.41, 5.74) is 0.349. The van der Waals surface area contributed by atoms with Crippen LogP contribution in [0.5, 0.6) is 6.01 Å². The summed E-state index contributed by atoms with van der Waals surface area (Å²) >= 11 is 0. The van der Waals surface area contributed by atoms with Gasteiger partial charge >= 0.3 is 6.01 Å². The van der Waals surface area contributed by atoms with E-state index in [4.69, 9.17) is 9.72 Å². The molecule has 3 fully saturated rings. The molecular formula is C32H33F2N7O2. The van der Waals surface area contributed by atoms with Gasteiger partial charge in [-0.25, -0.2) is 8.78 Å². The highest BCUT2D eigenvalue weighted by Gasteiger charge is 2.49. The third-order valence-electron chi connectivity index (χ3n) is 9.55. The molecule has 3 aliphatic rings. The molecule has 5 aromatic rings. The van der Waals surface area contributed by atoms with Crippen LogP contribution in [0.1, 0.15) is 39.0 Å². The van der Waals surface area contributed by atoms with E-state index in [1.807, 2.05) is 35.2 Å². The van der Waals surface area contributed by atoms with E-state index in [1.54, 1.807) is 19.3 Å². The van der Waals surface area contributed by atoms with Crippen molar-refractivity contribution in [2.45, 2.75) is 56.3 Å². The molecule has 2 N–H and O–H groups in total. The average Bonchev–Trinajstić information content (AvgIpc) is 3.69. The lowest BCUT2D eigenvalue weighted by molar-refractivity contribution is 0.0447. The second kappa shape index (κ2) is 9.78. The topological polar surface area (TPSA) is 103 Å². The fourth-order valence-electron chi connectivity index (χ4n) is 7.56. The van der Waals surface area contributed by atoms with E-state index in [0.717, 1.165) is 47.5 Å². The first-order chi connectivity index (χ1) is 20.8. The average molecular weight is 586 g/mol. The zero-order valence-electron chi connectivity index (χ0n) is 24.0. The summed E-state index contributed by atoms with van der Waals surface area (Å²) in [5, 5.41) is 21.1. The van der Waals surface area contributed by atoms with Gasteiger partial charge < -0.3 is 14.7 Å². The van der Waals surface area contributed by atoms with Gasteiger partial charge in [-0.05, 0) is 56.0 Å². The molecule has 0 saturated carbocycles. The van der Waals surface area contributed by atoms with Gasteiger partial charge in [0.2, 0.25) is 0 Å². The SMILES string of the molecule is C[C@@]1(O)CCCN(c2nc(OCC34CCCN3C[C@H](F)C4)nc3c(F)c(-c4c5ccccc5cc5[nH]ncc45)ncc23)C1. The molecule has 3 saturated heterocycles. The molecule has 0 bridgehead atoms. The zero-order valence-corrected chi connectivity index (χ0v) is 24.0. The number of rotatable bonds is 5. The Kier molecular flexibility index (Phi) is 6.06. The van der Waals surface area contributed by atoms with E-state index in [-0.39, 0.29) is 23.8 Å². The number of nitrogens with zero attached hydrogens (tertiary/aromatic N) is 6. The van der Waals surface area contributed by atoms with E-state index in [2.05, 4.69) is 25.1 Å². The maximum atomic E-state index is 16.8. The van der Waals surface area contributed by atoms with Gasteiger partial charge in [-0.1, -0.05) is 24.3 Å². The van der Waals surface area contributed by atoms with Crippen LogP contribution in [0.25, 0.3) is 43.8 Å². The number of nitrogens with one attached hydrogen (secondary N) is 1. The number of fused-ring (bicyclic) bond motifs is 4. The Labute approximate surface area is 246 Å². The van der Waals surface area contributed by atoms with Crippen molar-refractivity contribution >= 4 is 38.4 Å². The number of benzene rings is 2. The molecule has 2 aromatic carbocycles. The number of aromatic nitrogens is 5. The highest BCUT2D eigenvalue weighted by molar-refractivity contribution is 6.11. The van der Waals surface area contributed by atoms with Crippen LogP contribution in [-0.4, -0.2) is 85.3 Å². The van der Waals surface area contributed by atoms with Crippen LogP contribution in [0.3, 0.4) is 0 Å². The van der Waals surface area contributed by atoms with E-state index in [1.165, 1.54) is 0 Å². The number of hydrogen-bond acceptors (Lipinski definition) is 8. The predicted molar refractivity (Wildman–Crippen MR) is 161 cm³/mol. The standard InChI is InChI=1S/C32H33F2N7O2/c1-31(42)8-4-10-40(17-31)29-23-14-35-28(25-21-7-3-2-6-19(21)12-24-22(25)15-36-39-24)26(34)27(23)37-30(38-29)43-18-32-9-5-11-41(32)16-20(33)13-32/h2-3,6-7,12,14-15,20,42H,4-5,8-11,13,16-18H2,1H3,(H,36,39)/t20-,31-,32?/m1/s1. The van der Waals surface area contributed by atoms with Gasteiger partial charge in [0.25, 0.3) is 0 Å². The first-order valence-electron chi connectivity index (χ1n) is 15.0.